The Bertz CT molecular complexity index is 465. The van der Waals surface area contributed by atoms with E-state index in [4.69, 9.17) is 11.0 Å². The highest BCUT2D eigenvalue weighted by molar-refractivity contribution is 5.36. The van der Waals surface area contributed by atoms with Gasteiger partial charge in [-0.15, -0.1) is 0 Å². The number of alkyl halides is 3. The molecule has 0 aliphatic heterocycles. The Morgan fingerprint density at radius 3 is 2.39 bits per heavy atom. The minimum atomic E-state index is -4.65. The topological polar surface area (TPSA) is 59.0 Å². The van der Waals surface area contributed by atoms with Crippen molar-refractivity contribution in [3.63, 3.8) is 0 Å². The molecule has 1 aromatic rings. The smallest absolute Gasteiger partial charge is 0.426 e. The molecule has 0 fully saturated rings. The summed E-state index contributed by atoms with van der Waals surface area (Å²) in [6, 6.07) is 3.10. The third kappa shape index (κ3) is 3.34. The zero-order chi connectivity index (χ0) is 13.9. The summed E-state index contributed by atoms with van der Waals surface area (Å²) in [6.07, 6.45) is -6.89. The summed E-state index contributed by atoms with van der Waals surface area (Å²) in [5.41, 5.74) is 4.90. The van der Waals surface area contributed by atoms with E-state index in [1.807, 2.05) is 0 Å². The van der Waals surface area contributed by atoms with Crippen LogP contribution in [0.3, 0.4) is 0 Å². The Kier molecular flexibility index (Phi) is 4.14. The van der Waals surface area contributed by atoms with Crippen molar-refractivity contribution in [3.8, 4) is 11.8 Å². The molecule has 0 saturated carbocycles. The molecule has 3 nitrogen and oxygen atoms in total. The van der Waals surface area contributed by atoms with Crippen molar-refractivity contribution in [2.75, 3.05) is 0 Å². The highest BCUT2D eigenvalue weighted by atomic mass is 19.4. The maximum absolute atomic E-state index is 13.2. The molecule has 0 spiro atoms. The molecule has 98 valence electrons. The van der Waals surface area contributed by atoms with Crippen LogP contribution in [0.2, 0.25) is 0 Å². The van der Waals surface area contributed by atoms with Crippen LogP contribution >= 0.6 is 0 Å². The summed E-state index contributed by atoms with van der Waals surface area (Å²) in [5, 5.41) is 8.48. The summed E-state index contributed by atoms with van der Waals surface area (Å²) in [7, 11) is 0. The minimum Gasteiger partial charge on any atom is -0.479 e. The van der Waals surface area contributed by atoms with Gasteiger partial charge in [-0.2, -0.15) is 18.4 Å². The van der Waals surface area contributed by atoms with Crippen molar-refractivity contribution >= 4 is 0 Å². The van der Waals surface area contributed by atoms with Crippen LogP contribution in [0.25, 0.3) is 0 Å². The number of nitrogens with two attached hydrogens (primary N) is 1. The van der Waals surface area contributed by atoms with Crippen LogP contribution in [0, 0.1) is 17.1 Å². The first-order chi connectivity index (χ1) is 8.25. The zero-order valence-corrected chi connectivity index (χ0v) is 9.33. The SMILES string of the molecule is CC(N)C(Oc1ccc(C#N)c(F)c1)C(F)(F)F. The molecule has 0 saturated heterocycles. The maximum Gasteiger partial charge on any atom is 0.426 e. The number of hydrogen-bond acceptors (Lipinski definition) is 3. The van der Waals surface area contributed by atoms with Gasteiger partial charge in [-0.25, -0.2) is 4.39 Å². The largest absolute Gasteiger partial charge is 0.479 e. The maximum atomic E-state index is 13.2. The first-order valence-electron chi connectivity index (χ1n) is 4.94. The molecule has 0 bridgehead atoms. The van der Waals surface area contributed by atoms with E-state index in [9.17, 15) is 17.6 Å². The zero-order valence-electron chi connectivity index (χ0n) is 9.33. The lowest BCUT2D eigenvalue weighted by Crippen LogP contribution is -2.47. The van der Waals surface area contributed by atoms with E-state index in [1.165, 1.54) is 0 Å². The Labute approximate surface area is 101 Å². The Morgan fingerprint density at radius 1 is 1.39 bits per heavy atom. The van der Waals surface area contributed by atoms with Crippen molar-refractivity contribution in [2.45, 2.75) is 25.2 Å². The van der Waals surface area contributed by atoms with Crippen molar-refractivity contribution in [2.24, 2.45) is 5.73 Å². The van der Waals surface area contributed by atoms with Gasteiger partial charge in [-0.05, 0) is 19.1 Å². The standard InChI is InChI=1S/C11H10F4N2O/c1-6(17)10(11(13,14)15)18-8-3-2-7(5-16)9(12)4-8/h2-4,6,10H,17H2,1H3. The van der Waals surface area contributed by atoms with Gasteiger partial charge in [0.15, 0.2) is 0 Å². The number of benzene rings is 1. The number of hydrogen-bond donors (Lipinski definition) is 1. The fraction of sp³-hybridized carbons (Fsp3) is 0.364. The molecule has 0 heterocycles. The van der Waals surface area contributed by atoms with E-state index >= 15 is 0 Å². The van der Waals surface area contributed by atoms with Crippen LogP contribution in [0.15, 0.2) is 18.2 Å². The average molecular weight is 262 g/mol. The summed E-state index contributed by atoms with van der Waals surface area (Å²) in [4.78, 5) is 0. The molecule has 1 aromatic carbocycles. The lowest BCUT2D eigenvalue weighted by atomic mass is 10.2. The Balaban J connectivity index is 2.96. The molecular formula is C11H10F4N2O. The number of nitriles is 1. The predicted molar refractivity (Wildman–Crippen MR) is 55.2 cm³/mol. The van der Waals surface area contributed by atoms with Gasteiger partial charge in [-0.1, -0.05) is 0 Å². The monoisotopic (exact) mass is 262 g/mol. The highest BCUT2D eigenvalue weighted by Crippen LogP contribution is 2.27. The van der Waals surface area contributed by atoms with Gasteiger partial charge in [0.05, 0.1) is 5.56 Å². The molecule has 2 atom stereocenters. The van der Waals surface area contributed by atoms with Crippen LogP contribution in [0.1, 0.15) is 12.5 Å². The van der Waals surface area contributed by atoms with Gasteiger partial charge < -0.3 is 10.5 Å². The van der Waals surface area contributed by atoms with Gasteiger partial charge in [0.1, 0.15) is 17.6 Å². The summed E-state index contributed by atoms with van der Waals surface area (Å²) >= 11 is 0. The molecule has 0 aromatic heterocycles. The Morgan fingerprint density at radius 2 is 2.00 bits per heavy atom. The first kappa shape index (κ1) is 14.3. The minimum absolute atomic E-state index is 0.272. The second-order valence-corrected chi connectivity index (χ2v) is 3.69. The number of rotatable bonds is 3. The summed E-state index contributed by atoms with van der Waals surface area (Å²) < 4.78 is 55.5. The number of nitrogens with zero attached hydrogens (tertiary/aromatic N) is 1. The molecule has 1 rings (SSSR count). The number of halogens is 4. The second kappa shape index (κ2) is 5.23. The molecule has 0 aliphatic rings. The van der Waals surface area contributed by atoms with Gasteiger partial charge in [0, 0.05) is 12.1 Å². The third-order valence-corrected chi connectivity index (χ3v) is 2.12. The lowest BCUT2D eigenvalue weighted by Gasteiger charge is -2.24. The third-order valence-electron chi connectivity index (χ3n) is 2.12. The lowest BCUT2D eigenvalue weighted by molar-refractivity contribution is -0.199. The molecular weight excluding hydrogens is 252 g/mol. The second-order valence-electron chi connectivity index (χ2n) is 3.69. The highest BCUT2D eigenvalue weighted by Gasteiger charge is 2.44. The first-order valence-corrected chi connectivity index (χ1v) is 4.94. The fourth-order valence-corrected chi connectivity index (χ4v) is 1.28. The van der Waals surface area contributed by atoms with Crippen LogP contribution in [-0.4, -0.2) is 18.3 Å². The quantitative estimate of drug-likeness (QED) is 0.850. The van der Waals surface area contributed by atoms with Crippen LogP contribution in [0.5, 0.6) is 5.75 Å². The van der Waals surface area contributed by atoms with E-state index in [1.54, 1.807) is 6.07 Å². The van der Waals surface area contributed by atoms with Crippen LogP contribution < -0.4 is 10.5 Å². The molecule has 2 unspecified atom stereocenters. The fourth-order valence-electron chi connectivity index (χ4n) is 1.28. The van der Waals surface area contributed by atoms with Gasteiger partial charge in [0.2, 0.25) is 6.10 Å². The van der Waals surface area contributed by atoms with E-state index in [-0.39, 0.29) is 11.3 Å². The van der Waals surface area contributed by atoms with Crippen LogP contribution in [-0.2, 0) is 0 Å². The van der Waals surface area contributed by atoms with E-state index in [0.717, 1.165) is 25.1 Å². The molecule has 7 heteroatoms. The summed E-state index contributed by atoms with van der Waals surface area (Å²) in [6.45, 7) is 1.14. The summed E-state index contributed by atoms with van der Waals surface area (Å²) in [5.74, 6) is -1.27. The Hall–Kier alpha value is -1.81. The molecule has 0 radical (unpaired) electrons. The predicted octanol–water partition coefficient (Wildman–Crippen LogP) is 2.35. The van der Waals surface area contributed by atoms with E-state index < -0.39 is 24.1 Å². The normalized spacial score (nSPS) is 14.7. The van der Waals surface area contributed by atoms with Gasteiger partial charge in [-0.3, -0.25) is 0 Å². The number of ether oxygens (including phenoxy) is 1. The van der Waals surface area contributed by atoms with Crippen molar-refractivity contribution in [1.82, 2.24) is 0 Å². The molecule has 2 N–H and O–H groups in total. The van der Waals surface area contributed by atoms with Crippen molar-refractivity contribution in [1.29, 1.82) is 5.26 Å². The molecule has 0 amide bonds. The average Bonchev–Trinajstić information content (AvgIpc) is 2.24. The van der Waals surface area contributed by atoms with Crippen molar-refractivity contribution < 1.29 is 22.3 Å². The van der Waals surface area contributed by atoms with Crippen LogP contribution in [0.4, 0.5) is 17.6 Å². The van der Waals surface area contributed by atoms with E-state index in [0.29, 0.717) is 0 Å². The molecule has 18 heavy (non-hydrogen) atoms. The van der Waals surface area contributed by atoms with Crippen molar-refractivity contribution in [3.05, 3.63) is 29.6 Å². The van der Waals surface area contributed by atoms with Gasteiger partial charge >= 0.3 is 6.18 Å². The molecule has 0 aliphatic carbocycles. The van der Waals surface area contributed by atoms with E-state index in [2.05, 4.69) is 4.74 Å². The van der Waals surface area contributed by atoms with Gasteiger partial charge in [0.25, 0.3) is 0 Å².